The predicted molar refractivity (Wildman–Crippen MR) is 119 cm³/mol. The molecule has 0 aliphatic carbocycles. The molecule has 7 nitrogen and oxygen atoms in total. The smallest absolute Gasteiger partial charge is 0.416 e. The molecule has 182 valence electrons. The van der Waals surface area contributed by atoms with Crippen molar-refractivity contribution in [2.24, 2.45) is 0 Å². The second-order valence-corrected chi connectivity index (χ2v) is 8.66. The lowest BCUT2D eigenvalue weighted by Crippen LogP contribution is -2.43. The molecule has 2 aliphatic rings. The fourth-order valence-corrected chi connectivity index (χ4v) is 4.67. The summed E-state index contributed by atoms with van der Waals surface area (Å²) in [5, 5.41) is 7.86. The van der Waals surface area contributed by atoms with Crippen molar-refractivity contribution in [1.29, 1.82) is 0 Å². The van der Waals surface area contributed by atoms with Gasteiger partial charge in [-0.1, -0.05) is 23.7 Å². The van der Waals surface area contributed by atoms with Crippen LogP contribution in [0, 0.1) is 0 Å². The number of rotatable bonds is 2. The quantitative estimate of drug-likeness (QED) is 0.520. The molecule has 1 spiro atoms. The highest BCUT2D eigenvalue weighted by Crippen LogP contribution is 2.40. The molecular weight excluding hydrogens is 487 g/mol. The molecule has 0 unspecified atom stereocenters. The molecule has 11 heteroatoms. The van der Waals surface area contributed by atoms with Crippen molar-refractivity contribution in [3.05, 3.63) is 70.4 Å². The molecule has 0 bridgehead atoms. The second-order valence-electron chi connectivity index (χ2n) is 8.25. The summed E-state index contributed by atoms with van der Waals surface area (Å²) in [4.78, 5) is 24.7. The first-order valence-corrected chi connectivity index (χ1v) is 11.2. The van der Waals surface area contributed by atoms with Crippen molar-refractivity contribution in [2.45, 2.75) is 31.2 Å². The molecule has 2 aliphatic heterocycles. The summed E-state index contributed by atoms with van der Waals surface area (Å²) in [5.41, 5.74) is 1.81. The van der Waals surface area contributed by atoms with Crippen LogP contribution in [0.15, 0.2) is 48.7 Å². The molecule has 1 fully saturated rings. The summed E-state index contributed by atoms with van der Waals surface area (Å²) in [5.74, 6) is -2.80. The first kappa shape index (κ1) is 23.4. The van der Waals surface area contributed by atoms with E-state index in [1.54, 1.807) is 18.2 Å². The molecule has 3 heterocycles. The Morgan fingerprint density at radius 3 is 2.31 bits per heavy atom. The van der Waals surface area contributed by atoms with Gasteiger partial charge in [0.05, 0.1) is 47.6 Å². The minimum absolute atomic E-state index is 0.0589. The highest BCUT2D eigenvalue weighted by Gasteiger charge is 2.46. The summed E-state index contributed by atoms with van der Waals surface area (Å²) in [6.07, 6.45) is -2.68. The number of hydrogen-bond acceptors (Lipinski definition) is 6. The number of alkyl halides is 3. The minimum atomic E-state index is -4.45. The molecular formula is C24H19ClF3N3O4. The maximum atomic E-state index is 13.0. The van der Waals surface area contributed by atoms with E-state index in [-0.39, 0.29) is 19.4 Å². The van der Waals surface area contributed by atoms with E-state index in [0.29, 0.717) is 46.1 Å². The Labute approximate surface area is 202 Å². The van der Waals surface area contributed by atoms with Crippen LogP contribution in [-0.4, -0.2) is 34.8 Å². The van der Waals surface area contributed by atoms with Gasteiger partial charge in [0, 0.05) is 11.1 Å². The Kier molecular flexibility index (Phi) is 5.80. The van der Waals surface area contributed by atoms with Crippen LogP contribution < -0.4 is 5.32 Å². The third-order valence-corrected chi connectivity index (χ3v) is 6.31. The van der Waals surface area contributed by atoms with Gasteiger partial charge in [-0.2, -0.15) is 18.3 Å². The number of nitrogens with zero attached hydrogens (tertiary/aromatic N) is 2. The molecule has 0 atom stereocenters. The summed E-state index contributed by atoms with van der Waals surface area (Å²) in [6, 6.07) is 9.64. The van der Waals surface area contributed by atoms with Crippen molar-refractivity contribution < 1.29 is 32.2 Å². The number of ether oxygens (including phenoxy) is 2. The predicted octanol–water partition coefficient (Wildman–Crippen LogP) is 4.39. The molecule has 2 aromatic carbocycles. The summed E-state index contributed by atoms with van der Waals surface area (Å²) < 4.78 is 52.0. The average molecular weight is 506 g/mol. The van der Waals surface area contributed by atoms with E-state index in [1.807, 2.05) is 0 Å². The standard InChI is InChI=1S/C24H19ClF3N3O4/c25-18-6-5-17-16(9-11-29-13-23(17)34-20(32)7-8-21(33)35-23)22(18)31-19(10-12-30-31)14-1-3-15(4-2-14)24(26,27)28/h1-6,10,12,29H,7-9,11,13H2. The highest BCUT2D eigenvalue weighted by molar-refractivity contribution is 6.32. The first-order valence-electron chi connectivity index (χ1n) is 10.9. The Morgan fingerprint density at radius 1 is 0.971 bits per heavy atom. The van der Waals surface area contributed by atoms with Crippen LogP contribution in [-0.2, 0) is 37.4 Å². The van der Waals surface area contributed by atoms with E-state index in [2.05, 4.69) is 10.4 Å². The number of benzene rings is 2. The van der Waals surface area contributed by atoms with Gasteiger partial charge in [0.15, 0.2) is 0 Å². The molecule has 0 saturated carbocycles. The fraction of sp³-hybridized carbons (Fsp3) is 0.292. The number of carbonyl (C=O) groups excluding carboxylic acids is 2. The van der Waals surface area contributed by atoms with Gasteiger partial charge in [0.2, 0.25) is 0 Å². The Hall–Kier alpha value is -3.37. The Morgan fingerprint density at radius 2 is 1.66 bits per heavy atom. The van der Waals surface area contributed by atoms with Gasteiger partial charge in [-0.25, -0.2) is 4.68 Å². The molecule has 5 rings (SSSR count). The molecule has 1 N–H and O–H groups in total. The number of fused-ring (bicyclic) bond motifs is 2. The van der Waals surface area contributed by atoms with E-state index >= 15 is 0 Å². The normalized spacial score (nSPS) is 17.8. The minimum Gasteiger partial charge on any atom is -0.416 e. The summed E-state index contributed by atoms with van der Waals surface area (Å²) in [6.45, 7) is 0.525. The van der Waals surface area contributed by atoms with E-state index in [0.717, 1.165) is 12.1 Å². The van der Waals surface area contributed by atoms with Gasteiger partial charge in [-0.3, -0.25) is 9.59 Å². The number of carbonyl (C=O) groups is 2. The number of aromatic nitrogens is 2. The molecule has 1 saturated heterocycles. The lowest BCUT2D eigenvalue weighted by atomic mass is 9.96. The van der Waals surface area contributed by atoms with Crippen LogP contribution in [0.5, 0.6) is 0 Å². The SMILES string of the molecule is O=C1CCC(=O)OC2(CNCCc3c2ccc(Cl)c3-n2nccc2-c2ccc(C(F)(F)F)cc2)O1. The van der Waals surface area contributed by atoms with E-state index in [4.69, 9.17) is 21.1 Å². The zero-order valence-electron chi connectivity index (χ0n) is 18.2. The van der Waals surface area contributed by atoms with Gasteiger partial charge < -0.3 is 14.8 Å². The van der Waals surface area contributed by atoms with Crippen LogP contribution in [0.1, 0.15) is 29.5 Å². The van der Waals surface area contributed by atoms with Gasteiger partial charge in [-0.15, -0.1) is 0 Å². The van der Waals surface area contributed by atoms with Crippen LogP contribution in [0.25, 0.3) is 16.9 Å². The Balaban J connectivity index is 1.66. The number of halogens is 4. The number of esters is 2. The van der Waals surface area contributed by atoms with Crippen LogP contribution >= 0.6 is 11.6 Å². The Bertz CT molecular complexity index is 1290. The topological polar surface area (TPSA) is 82.5 Å². The van der Waals surface area contributed by atoms with Crippen LogP contribution in [0.4, 0.5) is 13.2 Å². The van der Waals surface area contributed by atoms with Crippen molar-refractivity contribution in [3.8, 4) is 16.9 Å². The molecule has 35 heavy (non-hydrogen) atoms. The van der Waals surface area contributed by atoms with E-state index < -0.39 is 29.5 Å². The zero-order chi connectivity index (χ0) is 24.8. The number of nitrogens with one attached hydrogen (secondary N) is 1. The van der Waals surface area contributed by atoms with Crippen molar-refractivity contribution in [3.63, 3.8) is 0 Å². The average Bonchev–Trinajstić information content (AvgIpc) is 3.15. The molecule has 0 radical (unpaired) electrons. The van der Waals surface area contributed by atoms with Gasteiger partial charge >= 0.3 is 18.1 Å². The van der Waals surface area contributed by atoms with Crippen LogP contribution in [0.2, 0.25) is 5.02 Å². The third kappa shape index (κ3) is 4.28. The van der Waals surface area contributed by atoms with Gasteiger partial charge in [0.1, 0.15) is 0 Å². The van der Waals surface area contributed by atoms with E-state index in [1.165, 1.54) is 23.0 Å². The molecule has 3 aromatic rings. The van der Waals surface area contributed by atoms with E-state index in [9.17, 15) is 22.8 Å². The number of hydrogen-bond donors (Lipinski definition) is 1. The lowest BCUT2D eigenvalue weighted by molar-refractivity contribution is -0.225. The third-order valence-electron chi connectivity index (χ3n) is 6.01. The largest absolute Gasteiger partial charge is 0.416 e. The summed E-state index contributed by atoms with van der Waals surface area (Å²) in [7, 11) is 0. The van der Waals surface area contributed by atoms with Crippen molar-refractivity contribution in [2.75, 3.05) is 13.1 Å². The first-order chi connectivity index (χ1) is 16.7. The van der Waals surface area contributed by atoms with Crippen LogP contribution in [0.3, 0.4) is 0 Å². The lowest BCUT2D eigenvalue weighted by Gasteiger charge is -2.32. The summed E-state index contributed by atoms with van der Waals surface area (Å²) >= 11 is 6.62. The molecule has 1 aromatic heterocycles. The monoisotopic (exact) mass is 505 g/mol. The van der Waals surface area contributed by atoms with Gasteiger partial charge in [-0.05, 0) is 48.9 Å². The fourth-order valence-electron chi connectivity index (χ4n) is 4.42. The van der Waals surface area contributed by atoms with Gasteiger partial charge in [0.25, 0.3) is 5.79 Å². The van der Waals surface area contributed by atoms with Crippen molar-refractivity contribution in [1.82, 2.24) is 15.1 Å². The highest BCUT2D eigenvalue weighted by atomic mass is 35.5. The second kappa shape index (κ2) is 8.69. The maximum absolute atomic E-state index is 13.0. The molecule has 0 amide bonds. The van der Waals surface area contributed by atoms with Crippen molar-refractivity contribution >= 4 is 23.5 Å². The maximum Gasteiger partial charge on any atom is 0.416 e. The zero-order valence-corrected chi connectivity index (χ0v) is 18.9.